The highest BCUT2D eigenvalue weighted by atomic mass is 16.5. The Morgan fingerprint density at radius 3 is 2.53 bits per heavy atom. The van der Waals surface area contributed by atoms with E-state index in [-0.39, 0.29) is 12.1 Å². The van der Waals surface area contributed by atoms with Gasteiger partial charge in [-0.15, -0.1) is 0 Å². The van der Waals surface area contributed by atoms with Crippen LogP contribution >= 0.6 is 0 Å². The van der Waals surface area contributed by atoms with Crippen LogP contribution in [-0.2, 0) is 16.0 Å². The summed E-state index contributed by atoms with van der Waals surface area (Å²) < 4.78 is 10.1. The minimum Gasteiger partial charge on any atom is -0.489 e. The highest BCUT2D eigenvalue weighted by Gasteiger charge is 2.03. The van der Waals surface area contributed by atoms with E-state index in [1.54, 1.807) is 0 Å². The number of methoxy groups -OCH3 is 1. The number of rotatable bonds is 6. The van der Waals surface area contributed by atoms with Crippen LogP contribution in [0.25, 0.3) is 0 Å². The molecule has 1 atom stereocenters. The molecule has 0 spiro atoms. The van der Waals surface area contributed by atoms with Crippen molar-refractivity contribution in [1.29, 1.82) is 0 Å². The fourth-order valence-electron chi connectivity index (χ4n) is 1.36. The predicted molar refractivity (Wildman–Crippen MR) is 65.9 cm³/mol. The Balaban J connectivity index is 2.47. The number of benzene rings is 1. The van der Waals surface area contributed by atoms with Crippen LogP contribution in [0.5, 0.6) is 5.75 Å². The molecule has 4 heteroatoms. The summed E-state index contributed by atoms with van der Waals surface area (Å²) >= 11 is 0. The molecule has 0 amide bonds. The molecule has 0 aliphatic heterocycles. The van der Waals surface area contributed by atoms with Gasteiger partial charge in [-0.1, -0.05) is 12.1 Å². The Morgan fingerprint density at radius 1 is 1.35 bits per heavy atom. The van der Waals surface area contributed by atoms with Gasteiger partial charge in [-0.25, -0.2) is 0 Å². The van der Waals surface area contributed by atoms with Crippen molar-refractivity contribution in [2.75, 3.05) is 13.7 Å². The molecule has 94 valence electrons. The molecule has 0 bridgehead atoms. The maximum atomic E-state index is 11.0. The fraction of sp³-hybridized carbons (Fsp3) is 0.462. The van der Waals surface area contributed by atoms with Crippen LogP contribution in [0, 0.1) is 0 Å². The van der Waals surface area contributed by atoms with Crippen LogP contribution in [0.4, 0.5) is 0 Å². The van der Waals surface area contributed by atoms with Crippen LogP contribution in [0.1, 0.15) is 18.9 Å². The molecule has 0 aromatic heterocycles. The molecule has 4 nitrogen and oxygen atoms in total. The number of carbonyl (C=O) groups excluding carboxylic acids is 1. The van der Waals surface area contributed by atoms with E-state index in [2.05, 4.69) is 4.74 Å². The summed E-state index contributed by atoms with van der Waals surface area (Å²) in [4.78, 5) is 11.0. The first-order chi connectivity index (χ1) is 8.15. The van der Waals surface area contributed by atoms with Gasteiger partial charge < -0.3 is 15.2 Å². The third-order valence-electron chi connectivity index (χ3n) is 2.44. The Kier molecular flexibility index (Phi) is 5.49. The topological polar surface area (TPSA) is 61.5 Å². The van der Waals surface area contributed by atoms with Crippen molar-refractivity contribution in [3.8, 4) is 5.75 Å². The Hall–Kier alpha value is -1.55. The summed E-state index contributed by atoms with van der Waals surface area (Å²) in [5, 5.41) is 0. The smallest absolute Gasteiger partial charge is 0.305 e. The monoisotopic (exact) mass is 237 g/mol. The van der Waals surface area contributed by atoms with E-state index in [9.17, 15) is 4.79 Å². The van der Waals surface area contributed by atoms with E-state index in [0.29, 0.717) is 19.4 Å². The largest absolute Gasteiger partial charge is 0.489 e. The summed E-state index contributed by atoms with van der Waals surface area (Å²) in [6.45, 7) is 2.41. The summed E-state index contributed by atoms with van der Waals surface area (Å²) in [5.74, 6) is 0.604. The Labute approximate surface area is 102 Å². The molecule has 0 heterocycles. The third kappa shape index (κ3) is 4.87. The second kappa shape index (κ2) is 6.91. The zero-order valence-corrected chi connectivity index (χ0v) is 10.3. The minimum absolute atomic E-state index is 0.0101. The molecule has 1 rings (SSSR count). The van der Waals surface area contributed by atoms with Crippen LogP contribution < -0.4 is 10.5 Å². The number of aryl methyl sites for hydroxylation is 1. The molecule has 17 heavy (non-hydrogen) atoms. The lowest BCUT2D eigenvalue weighted by atomic mass is 10.1. The molecule has 1 aromatic rings. The number of nitrogens with two attached hydrogens (primary N) is 1. The highest BCUT2D eigenvalue weighted by Crippen LogP contribution is 2.14. The molecule has 0 saturated heterocycles. The molecule has 2 N–H and O–H groups in total. The summed E-state index contributed by atoms with van der Waals surface area (Å²) in [6, 6.07) is 7.67. The number of esters is 1. The molecular weight excluding hydrogens is 218 g/mol. The number of ether oxygens (including phenoxy) is 2. The summed E-state index contributed by atoms with van der Waals surface area (Å²) in [6.07, 6.45) is 1.09. The van der Waals surface area contributed by atoms with Gasteiger partial charge in [-0.2, -0.15) is 0 Å². The van der Waals surface area contributed by atoms with Crippen molar-refractivity contribution in [2.24, 2.45) is 5.73 Å². The van der Waals surface area contributed by atoms with E-state index in [1.165, 1.54) is 7.11 Å². The molecule has 0 saturated carbocycles. The van der Waals surface area contributed by atoms with Crippen molar-refractivity contribution >= 4 is 5.97 Å². The molecule has 0 fully saturated rings. The lowest BCUT2D eigenvalue weighted by Gasteiger charge is -2.12. The zero-order valence-electron chi connectivity index (χ0n) is 10.3. The average Bonchev–Trinajstić information content (AvgIpc) is 2.37. The van der Waals surface area contributed by atoms with Gasteiger partial charge in [-0.05, 0) is 31.0 Å². The standard InChI is InChI=1S/C13H19NO3/c1-10(9-14)17-12-6-3-11(4-7-12)5-8-13(15)16-2/h3-4,6-7,10H,5,8-9,14H2,1-2H3. The first-order valence-electron chi connectivity index (χ1n) is 5.68. The summed E-state index contributed by atoms with van der Waals surface area (Å²) in [5.41, 5.74) is 6.56. The van der Waals surface area contributed by atoms with Gasteiger partial charge in [0, 0.05) is 13.0 Å². The van der Waals surface area contributed by atoms with Gasteiger partial charge in [-0.3, -0.25) is 4.79 Å². The molecule has 1 unspecified atom stereocenters. The predicted octanol–water partition coefficient (Wildman–Crippen LogP) is 1.52. The van der Waals surface area contributed by atoms with Crippen molar-refractivity contribution in [3.05, 3.63) is 29.8 Å². The van der Waals surface area contributed by atoms with Crippen LogP contribution in [0.15, 0.2) is 24.3 Å². The van der Waals surface area contributed by atoms with Gasteiger partial charge in [0.05, 0.1) is 7.11 Å². The van der Waals surface area contributed by atoms with Gasteiger partial charge in [0.1, 0.15) is 11.9 Å². The maximum absolute atomic E-state index is 11.0. The van der Waals surface area contributed by atoms with E-state index in [1.807, 2.05) is 31.2 Å². The van der Waals surface area contributed by atoms with Gasteiger partial charge >= 0.3 is 5.97 Å². The third-order valence-corrected chi connectivity index (χ3v) is 2.44. The van der Waals surface area contributed by atoms with E-state index >= 15 is 0 Å². The summed E-state index contributed by atoms with van der Waals surface area (Å²) in [7, 11) is 1.40. The normalized spacial score (nSPS) is 11.9. The number of carbonyl (C=O) groups is 1. The number of hydrogen-bond acceptors (Lipinski definition) is 4. The first-order valence-corrected chi connectivity index (χ1v) is 5.68. The Bertz CT molecular complexity index is 348. The lowest BCUT2D eigenvalue weighted by Crippen LogP contribution is -2.22. The molecular formula is C13H19NO3. The lowest BCUT2D eigenvalue weighted by molar-refractivity contribution is -0.140. The molecule has 1 aromatic carbocycles. The van der Waals surface area contributed by atoms with Gasteiger partial charge in [0.25, 0.3) is 0 Å². The van der Waals surface area contributed by atoms with Crippen molar-refractivity contribution in [3.63, 3.8) is 0 Å². The van der Waals surface area contributed by atoms with E-state index in [0.717, 1.165) is 11.3 Å². The molecule has 0 aliphatic rings. The minimum atomic E-state index is -0.193. The second-order valence-corrected chi connectivity index (χ2v) is 3.88. The van der Waals surface area contributed by atoms with E-state index < -0.39 is 0 Å². The molecule has 0 radical (unpaired) electrons. The van der Waals surface area contributed by atoms with Gasteiger partial charge in [0.2, 0.25) is 0 Å². The zero-order chi connectivity index (χ0) is 12.7. The van der Waals surface area contributed by atoms with Crippen molar-refractivity contribution in [2.45, 2.75) is 25.9 Å². The maximum Gasteiger partial charge on any atom is 0.305 e. The quantitative estimate of drug-likeness (QED) is 0.762. The average molecular weight is 237 g/mol. The van der Waals surface area contributed by atoms with Gasteiger partial charge in [0.15, 0.2) is 0 Å². The first kappa shape index (κ1) is 13.5. The highest BCUT2D eigenvalue weighted by molar-refractivity contribution is 5.69. The fourth-order valence-corrected chi connectivity index (χ4v) is 1.36. The van der Waals surface area contributed by atoms with Crippen LogP contribution in [0.3, 0.4) is 0 Å². The molecule has 0 aliphatic carbocycles. The Morgan fingerprint density at radius 2 is 2.00 bits per heavy atom. The van der Waals surface area contributed by atoms with E-state index in [4.69, 9.17) is 10.5 Å². The van der Waals surface area contributed by atoms with Crippen molar-refractivity contribution < 1.29 is 14.3 Å². The van der Waals surface area contributed by atoms with Crippen LogP contribution in [-0.4, -0.2) is 25.7 Å². The number of hydrogen-bond donors (Lipinski definition) is 1. The van der Waals surface area contributed by atoms with Crippen molar-refractivity contribution in [1.82, 2.24) is 0 Å². The SMILES string of the molecule is COC(=O)CCc1ccc(OC(C)CN)cc1. The second-order valence-electron chi connectivity index (χ2n) is 3.88. The van der Waals surface area contributed by atoms with Crippen LogP contribution in [0.2, 0.25) is 0 Å².